The number of carbonyl (C=O) groups excluding carboxylic acids is 1. The van der Waals surface area contributed by atoms with Crippen LogP contribution in [-0.4, -0.2) is 18.5 Å². The Morgan fingerprint density at radius 3 is 2.70 bits per heavy atom. The lowest BCUT2D eigenvalue weighted by Gasteiger charge is -2.26. The molecule has 0 radical (unpaired) electrons. The van der Waals surface area contributed by atoms with Gasteiger partial charge in [-0.1, -0.05) is 25.5 Å². The molecule has 1 amide bonds. The van der Waals surface area contributed by atoms with Crippen LogP contribution in [-0.2, 0) is 11.3 Å². The summed E-state index contributed by atoms with van der Waals surface area (Å²) in [5.41, 5.74) is 0.922. The predicted molar refractivity (Wildman–Crippen MR) is 76.5 cm³/mol. The lowest BCUT2D eigenvalue weighted by molar-refractivity contribution is -0.687. The fraction of sp³-hybridized carbons (Fsp3) is 0.562. The molecule has 0 aliphatic heterocycles. The molecule has 3 nitrogen and oxygen atoms in total. The van der Waals surface area contributed by atoms with Gasteiger partial charge in [0, 0.05) is 12.5 Å². The van der Waals surface area contributed by atoms with E-state index in [2.05, 4.69) is 17.6 Å². The number of carbonyl (C=O) groups is 1. The van der Waals surface area contributed by atoms with Crippen LogP contribution in [0.4, 0.5) is 4.39 Å². The normalized spacial score (nSPS) is 22.5. The van der Waals surface area contributed by atoms with Crippen LogP contribution in [0.15, 0.2) is 24.3 Å². The van der Waals surface area contributed by atoms with E-state index in [9.17, 15) is 9.18 Å². The molecule has 0 heterocycles. The number of quaternary nitrogens is 1. The third-order valence-corrected chi connectivity index (χ3v) is 4.19. The zero-order chi connectivity index (χ0) is 14.4. The van der Waals surface area contributed by atoms with Crippen molar-refractivity contribution in [3.8, 4) is 0 Å². The van der Waals surface area contributed by atoms with Gasteiger partial charge in [-0.3, -0.25) is 4.79 Å². The fourth-order valence-electron chi connectivity index (χ4n) is 2.83. The van der Waals surface area contributed by atoms with E-state index in [1.54, 1.807) is 12.1 Å². The lowest BCUT2D eigenvalue weighted by atomic mass is 9.86. The highest BCUT2D eigenvalue weighted by atomic mass is 19.1. The minimum Gasteiger partial charge on any atom is -0.347 e. The standard InChI is InChI=1S/C16H23FN2O/c1-12-4-2-3-5-15(12)18-11-16(20)19-10-13-6-8-14(17)9-7-13/h6-9,12,15,18H,2-5,10-11H2,1H3,(H,19,20)/p+1/t12-,15+/m1/s1. The lowest BCUT2D eigenvalue weighted by Crippen LogP contribution is -2.93. The molecule has 2 rings (SSSR count). The second kappa shape index (κ2) is 7.39. The molecule has 1 aliphatic rings. The largest absolute Gasteiger partial charge is 0.347 e. The quantitative estimate of drug-likeness (QED) is 0.844. The number of rotatable bonds is 5. The van der Waals surface area contributed by atoms with Crippen LogP contribution in [0, 0.1) is 11.7 Å². The number of hydrogen-bond donors (Lipinski definition) is 2. The number of benzene rings is 1. The van der Waals surface area contributed by atoms with Crippen molar-refractivity contribution in [1.29, 1.82) is 0 Å². The molecule has 2 atom stereocenters. The van der Waals surface area contributed by atoms with Crippen molar-refractivity contribution in [2.75, 3.05) is 6.54 Å². The predicted octanol–water partition coefficient (Wildman–Crippen LogP) is 1.58. The van der Waals surface area contributed by atoms with Crippen LogP contribution >= 0.6 is 0 Å². The number of nitrogens with one attached hydrogen (secondary N) is 1. The monoisotopic (exact) mass is 279 g/mol. The van der Waals surface area contributed by atoms with Crippen LogP contribution < -0.4 is 10.6 Å². The van der Waals surface area contributed by atoms with E-state index in [4.69, 9.17) is 0 Å². The molecule has 0 spiro atoms. The minimum absolute atomic E-state index is 0.0482. The van der Waals surface area contributed by atoms with Crippen LogP contribution in [0.5, 0.6) is 0 Å². The SMILES string of the molecule is C[C@@H]1CCCC[C@@H]1[NH2+]CC(=O)NCc1ccc(F)cc1. The zero-order valence-corrected chi connectivity index (χ0v) is 12.1. The third kappa shape index (κ3) is 4.60. The van der Waals surface area contributed by atoms with Crippen LogP contribution in [0.25, 0.3) is 0 Å². The Bertz CT molecular complexity index is 433. The van der Waals surface area contributed by atoms with Crippen molar-refractivity contribution in [2.45, 2.75) is 45.2 Å². The highest BCUT2D eigenvalue weighted by Crippen LogP contribution is 2.21. The van der Waals surface area contributed by atoms with E-state index < -0.39 is 0 Å². The zero-order valence-electron chi connectivity index (χ0n) is 12.1. The molecule has 0 aromatic heterocycles. The summed E-state index contributed by atoms with van der Waals surface area (Å²) >= 11 is 0. The van der Waals surface area contributed by atoms with Crippen molar-refractivity contribution in [3.05, 3.63) is 35.6 Å². The summed E-state index contributed by atoms with van der Waals surface area (Å²) in [6.07, 6.45) is 5.09. The first-order valence-corrected chi connectivity index (χ1v) is 7.49. The topological polar surface area (TPSA) is 45.7 Å². The summed E-state index contributed by atoms with van der Waals surface area (Å²) < 4.78 is 12.8. The Balaban J connectivity index is 1.68. The minimum atomic E-state index is -0.250. The number of amides is 1. The van der Waals surface area contributed by atoms with Crippen LogP contribution in [0.2, 0.25) is 0 Å². The molecule has 1 aromatic rings. The molecular weight excluding hydrogens is 255 g/mol. The Hall–Kier alpha value is -1.42. The van der Waals surface area contributed by atoms with Gasteiger partial charge in [0.1, 0.15) is 5.82 Å². The molecule has 1 fully saturated rings. The Kier molecular flexibility index (Phi) is 5.53. The first-order chi connectivity index (χ1) is 9.65. The third-order valence-electron chi connectivity index (χ3n) is 4.19. The summed E-state index contributed by atoms with van der Waals surface area (Å²) in [7, 11) is 0. The average Bonchev–Trinajstić information content (AvgIpc) is 2.46. The van der Waals surface area contributed by atoms with E-state index in [1.165, 1.54) is 37.8 Å². The number of halogens is 1. The van der Waals surface area contributed by atoms with E-state index >= 15 is 0 Å². The highest BCUT2D eigenvalue weighted by molar-refractivity contribution is 5.76. The molecule has 1 saturated carbocycles. The van der Waals surface area contributed by atoms with Gasteiger partial charge in [0.2, 0.25) is 0 Å². The van der Waals surface area contributed by atoms with Crippen LogP contribution in [0.1, 0.15) is 38.2 Å². The van der Waals surface area contributed by atoms with E-state index in [-0.39, 0.29) is 11.7 Å². The summed E-state index contributed by atoms with van der Waals surface area (Å²) in [6, 6.07) is 6.81. The van der Waals surface area contributed by atoms with Crippen LogP contribution in [0.3, 0.4) is 0 Å². The van der Waals surface area contributed by atoms with Gasteiger partial charge < -0.3 is 10.6 Å². The summed E-state index contributed by atoms with van der Waals surface area (Å²) in [5, 5.41) is 5.05. The molecule has 3 N–H and O–H groups in total. The fourth-order valence-corrected chi connectivity index (χ4v) is 2.83. The molecule has 20 heavy (non-hydrogen) atoms. The molecule has 1 aliphatic carbocycles. The molecule has 0 unspecified atom stereocenters. The van der Waals surface area contributed by atoms with Gasteiger partial charge in [-0.2, -0.15) is 0 Å². The van der Waals surface area contributed by atoms with Crippen molar-refractivity contribution >= 4 is 5.91 Å². The second-order valence-corrected chi connectivity index (χ2v) is 5.77. The summed E-state index contributed by atoms with van der Waals surface area (Å²) in [4.78, 5) is 11.8. The maximum absolute atomic E-state index is 12.8. The van der Waals surface area contributed by atoms with Crippen molar-refractivity contribution in [1.82, 2.24) is 5.32 Å². The molecular formula is C16H24FN2O+. The highest BCUT2D eigenvalue weighted by Gasteiger charge is 2.24. The number of hydrogen-bond acceptors (Lipinski definition) is 1. The smallest absolute Gasteiger partial charge is 0.275 e. The van der Waals surface area contributed by atoms with Gasteiger partial charge in [-0.25, -0.2) is 4.39 Å². The van der Waals surface area contributed by atoms with E-state index in [0.29, 0.717) is 25.0 Å². The maximum atomic E-state index is 12.8. The van der Waals surface area contributed by atoms with Crippen molar-refractivity contribution in [3.63, 3.8) is 0 Å². The van der Waals surface area contributed by atoms with E-state index in [1.807, 2.05) is 0 Å². The van der Waals surface area contributed by atoms with Gasteiger partial charge in [-0.05, 0) is 37.0 Å². The summed E-state index contributed by atoms with van der Waals surface area (Å²) in [5.74, 6) is 0.500. The van der Waals surface area contributed by atoms with Crippen molar-refractivity contribution in [2.24, 2.45) is 5.92 Å². The van der Waals surface area contributed by atoms with Crippen molar-refractivity contribution < 1.29 is 14.5 Å². The molecule has 4 heteroatoms. The van der Waals surface area contributed by atoms with Gasteiger partial charge in [-0.15, -0.1) is 0 Å². The van der Waals surface area contributed by atoms with E-state index in [0.717, 1.165) is 5.56 Å². The Morgan fingerprint density at radius 1 is 1.30 bits per heavy atom. The molecule has 0 bridgehead atoms. The van der Waals surface area contributed by atoms with Gasteiger partial charge in [0.15, 0.2) is 6.54 Å². The first kappa shape index (κ1) is 15.0. The maximum Gasteiger partial charge on any atom is 0.275 e. The average molecular weight is 279 g/mol. The molecule has 0 saturated heterocycles. The Morgan fingerprint density at radius 2 is 2.00 bits per heavy atom. The second-order valence-electron chi connectivity index (χ2n) is 5.77. The molecule has 1 aromatic carbocycles. The first-order valence-electron chi connectivity index (χ1n) is 7.49. The summed E-state index contributed by atoms with van der Waals surface area (Å²) in [6.45, 7) is 3.22. The molecule has 110 valence electrons. The number of nitrogens with two attached hydrogens (primary N) is 1. The Labute approximate surface area is 120 Å². The van der Waals surface area contributed by atoms with Gasteiger partial charge in [0.25, 0.3) is 5.91 Å². The van der Waals surface area contributed by atoms with Gasteiger partial charge >= 0.3 is 0 Å². The van der Waals surface area contributed by atoms with Gasteiger partial charge in [0.05, 0.1) is 6.04 Å².